The van der Waals surface area contributed by atoms with Crippen LogP contribution in [0.2, 0.25) is 0 Å². The molecule has 11 heteroatoms. The summed E-state index contributed by atoms with van der Waals surface area (Å²) in [6, 6.07) is 2.03. The second-order valence-corrected chi connectivity index (χ2v) is 7.88. The lowest BCUT2D eigenvalue weighted by Crippen LogP contribution is -2.52. The maximum Gasteiger partial charge on any atom is 0.338 e. The van der Waals surface area contributed by atoms with Gasteiger partial charge in [0.2, 0.25) is 5.91 Å². The van der Waals surface area contributed by atoms with Crippen LogP contribution in [0.4, 0.5) is 4.79 Å². The number of hydrogen-bond acceptors (Lipinski definition) is 8. The highest BCUT2D eigenvalue weighted by Gasteiger charge is 2.37. The predicted molar refractivity (Wildman–Crippen MR) is 123 cm³/mol. The molecule has 1 fully saturated rings. The molecule has 1 atom stereocenters. The van der Waals surface area contributed by atoms with Crippen LogP contribution in [-0.4, -0.2) is 88.4 Å². The molecule has 2 aliphatic rings. The van der Waals surface area contributed by atoms with Crippen LogP contribution in [-0.2, 0) is 14.3 Å². The zero-order valence-corrected chi connectivity index (χ0v) is 20.2. The molecule has 1 saturated heterocycles. The van der Waals surface area contributed by atoms with Gasteiger partial charge in [-0.3, -0.25) is 9.69 Å². The number of methoxy groups -OCH3 is 3. The van der Waals surface area contributed by atoms with Crippen LogP contribution in [0.5, 0.6) is 17.2 Å². The third kappa shape index (κ3) is 5.36. The van der Waals surface area contributed by atoms with Gasteiger partial charge in [0.05, 0.1) is 39.6 Å². The molecular formula is C23H32N4O7. The van der Waals surface area contributed by atoms with Crippen molar-refractivity contribution >= 4 is 17.9 Å². The molecule has 2 heterocycles. The number of amides is 3. The Kier molecular flexibility index (Phi) is 8.21. The first-order valence-electron chi connectivity index (χ1n) is 11.1. The van der Waals surface area contributed by atoms with E-state index in [0.717, 1.165) is 0 Å². The molecule has 11 nitrogen and oxygen atoms in total. The Labute approximate surface area is 198 Å². The van der Waals surface area contributed by atoms with Crippen LogP contribution in [0.3, 0.4) is 0 Å². The third-order valence-electron chi connectivity index (χ3n) is 5.90. The van der Waals surface area contributed by atoms with E-state index in [9.17, 15) is 14.4 Å². The summed E-state index contributed by atoms with van der Waals surface area (Å²) in [6.07, 6.45) is 0. The van der Waals surface area contributed by atoms with Crippen molar-refractivity contribution in [3.8, 4) is 17.2 Å². The van der Waals surface area contributed by atoms with Gasteiger partial charge in [-0.25, -0.2) is 9.59 Å². The van der Waals surface area contributed by atoms with Gasteiger partial charge in [0.15, 0.2) is 11.5 Å². The fourth-order valence-electron chi connectivity index (χ4n) is 4.15. The molecule has 34 heavy (non-hydrogen) atoms. The number of nitrogens with zero attached hydrogens (tertiary/aromatic N) is 2. The van der Waals surface area contributed by atoms with Gasteiger partial charge in [0.25, 0.3) is 0 Å². The highest BCUT2D eigenvalue weighted by Crippen LogP contribution is 2.41. The lowest BCUT2D eigenvalue weighted by molar-refractivity contribution is -0.139. The minimum atomic E-state index is -0.837. The first kappa shape index (κ1) is 25.2. The van der Waals surface area contributed by atoms with Gasteiger partial charge < -0.3 is 34.5 Å². The predicted octanol–water partition coefficient (Wildman–Crippen LogP) is 1.05. The molecule has 0 saturated carbocycles. The molecule has 3 amide bonds. The highest BCUT2D eigenvalue weighted by molar-refractivity contribution is 5.95. The lowest BCUT2D eigenvalue weighted by atomic mass is 9.93. The minimum Gasteiger partial charge on any atom is -0.496 e. The molecule has 2 aliphatic heterocycles. The number of carbonyl (C=O) groups is 3. The maximum atomic E-state index is 13.1. The number of benzene rings is 1. The fraction of sp³-hybridized carbons (Fsp3) is 0.522. The van der Waals surface area contributed by atoms with Crippen molar-refractivity contribution in [1.82, 2.24) is 20.4 Å². The van der Waals surface area contributed by atoms with Crippen LogP contribution >= 0.6 is 0 Å². The summed E-state index contributed by atoms with van der Waals surface area (Å²) >= 11 is 0. The van der Waals surface area contributed by atoms with E-state index in [1.165, 1.54) is 21.3 Å². The van der Waals surface area contributed by atoms with Crippen LogP contribution in [0.15, 0.2) is 23.4 Å². The molecule has 1 unspecified atom stereocenters. The molecule has 0 aliphatic carbocycles. The van der Waals surface area contributed by atoms with Crippen LogP contribution in [0, 0.1) is 0 Å². The first-order chi connectivity index (χ1) is 16.3. The molecule has 0 aromatic heterocycles. The maximum absolute atomic E-state index is 13.1. The Balaban J connectivity index is 2.03. The number of nitrogens with one attached hydrogen (secondary N) is 2. The molecule has 1 aromatic carbocycles. The van der Waals surface area contributed by atoms with Crippen molar-refractivity contribution in [3.05, 3.63) is 29.0 Å². The number of rotatable bonds is 8. The summed E-state index contributed by atoms with van der Waals surface area (Å²) in [5, 5.41) is 5.60. The van der Waals surface area contributed by atoms with Gasteiger partial charge in [-0.15, -0.1) is 0 Å². The quantitative estimate of drug-likeness (QED) is 0.535. The average Bonchev–Trinajstić information content (AvgIpc) is 2.83. The van der Waals surface area contributed by atoms with E-state index in [4.69, 9.17) is 18.9 Å². The molecule has 2 N–H and O–H groups in total. The van der Waals surface area contributed by atoms with Crippen molar-refractivity contribution in [2.45, 2.75) is 19.9 Å². The van der Waals surface area contributed by atoms with Crippen molar-refractivity contribution < 1.29 is 33.3 Å². The molecule has 1 aromatic rings. The van der Waals surface area contributed by atoms with Crippen molar-refractivity contribution in [1.29, 1.82) is 0 Å². The molecule has 0 spiro atoms. The minimum absolute atomic E-state index is 0.0295. The number of ether oxygens (including phenoxy) is 4. The van der Waals surface area contributed by atoms with Gasteiger partial charge in [0, 0.05) is 57.0 Å². The second-order valence-electron chi connectivity index (χ2n) is 7.88. The van der Waals surface area contributed by atoms with Crippen molar-refractivity contribution in [2.24, 2.45) is 0 Å². The SMILES string of the molecule is CCOC(=O)C1=C(CN2CCN(C(C)=O)CC2)NC(=O)NC1c1cc(OC)c(OC)cc1OC. The highest BCUT2D eigenvalue weighted by atomic mass is 16.5. The van der Waals surface area contributed by atoms with E-state index in [1.807, 2.05) is 0 Å². The van der Waals surface area contributed by atoms with Crippen molar-refractivity contribution in [3.63, 3.8) is 0 Å². The Morgan fingerprint density at radius 1 is 1.00 bits per heavy atom. The summed E-state index contributed by atoms with van der Waals surface area (Å²) < 4.78 is 21.7. The standard InChI is InChI=1S/C23H32N4O7/c1-6-34-22(29)20-16(13-26-7-9-27(10-8-26)14(2)28)24-23(30)25-21(20)15-11-18(32-4)19(33-5)12-17(15)31-3/h11-12,21H,6-10,13H2,1-5H3,(H2,24,25,30). The van der Waals surface area contributed by atoms with Gasteiger partial charge in [0.1, 0.15) is 5.75 Å². The summed E-state index contributed by atoms with van der Waals surface area (Å²) in [5.41, 5.74) is 1.25. The Morgan fingerprint density at radius 2 is 1.62 bits per heavy atom. The largest absolute Gasteiger partial charge is 0.496 e. The zero-order chi connectivity index (χ0) is 24.8. The number of carbonyl (C=O) groups excluding carboxylic acids is 3. The smallest absolute Gasteiger partial charge is 0.338 e. The van der Waals surface area contributed by atoms with E-state index in [-0.39, 0.29) is 18.1 Å². The monoisotopic (exact) mass is 476 g/mol. The van der Waals surface area contributed by atoms with E-state index in [2.05, 4.69) is 15.5 Å². The fourth-order valence-corrected chi connectivity index (χ4v) is 4.15. The van der Waals surface area contributed by atoms with Gasteiger partial charge in [-0.2, -0.15) is 0 Å². The summed E-state index contributed by atoms with van der Waals surface area (Å²) in [4.78, 5) is 41.3. The Hall–Kier alpha value is -3.47. The summed E-state index contributed by atoms with van der Waals surface area (Å²) in [6.45, 7) is 6.16. The van der Waals surface area contributed by atoms with Crippen LogP contribution in [0.1, 0.15) is 25.5 Å². The Bertz CT molecular complexity index is 970. The molecule has 3 rings (SSSR count). The Morgan fingerprint density at radius 3 is 2.18 bits per heavy atom. The van der Waals surface area contributed by atoms with E-state index in [1.54, 1.807) is 30.9 Å². The van der Waals surface area contributed by atoms with Crippen LogP contribution < -0.4 is 24.8 Å². The van der Waals surface area contributed by atoms with E-state index >= 15 is 0 Å². The number of esters is 1. The number of piperazine rings is 1. The topological polar surface area (TPSA) is 119 Å². The number of urea groups is 1. The number of hydrogen-bond donors (Lipinski definition) is 2. The molecular weight excluding hydrogens is 444 g/mol. The summed E-state index contributed by atoms with van der Waals surface area (Å²) in [5.74, 6) is 0.780. The average molecular weight is 477 g/mol. The molecule has 0 radical (unpaired) electrons. The van der Waals surface area contributed by atoms with Gasteiger partial charge in [-0.1, -0.05) is 0 Å². The van der Waals surface area contributed by atoms with E-state index < -0.39 is 18.0 Å². The van der Waals surface area contributed by atoms with Crippen molar-refractivity contribution in [2.75, 3.05) is 60.7 Å². The molecule has 186 valence electrons. The van der Waals surface area contributed by atoms with Gasteiger partial charge >= 0.3 is 12.0 Å². The lowest BCUT2D eigenvalue weighted by Gasteiger charge is -2.36. The molecule has 0 bridgehead atoms. The van der Waals surface area contributed by atoms with E-state index in [0.29, 0.717) is 61.2 Å². The first-order valence-corrected chi connectivity index (χ1v) is 11.1. The second kappa shape index (κ2) is 11.1. The summed E-state index contributed by atoms with van der Waals surface area (Å²) in [7, 11) is 4.51. The van der Waals surface area contributed by atoms with Gasteiger partial charge in [-0.05, 0) is 13.0 Å². The zero-order valence-electron chi connectivity index (χ0n) is 20.2. The third-order valence-corrected chi connectivity index (χ3v) is 5.90. The van der Waals surface area contributed by atoms with Crippen LogP contribution in [0.25, 0.3) is 0 Å². The normalized spacial score (nSPS) is 18.7.